The predicted molar refractivity (Wildman–Crippen MR) is 90.5 cm³/mol. The molecule has 8 nitrogen and oxygen atoms in total. The van der Waals surface area contributed by atoms with Crippen molar-refractivity contribution in [1.29, 1.82) is 0 Å². The average molecular weight is 390 g/mol. The molecule has 0 aliphatic heterocycles. The minimum absolute atomic E-state index is 0.0705. The summed E-state index contributed by atoms with van der Waals surface area (Å²) in [7, 11) is -3.97. The molecule has 0 radical (unpaired) electrons. The summed E-state index contributed by atoms with van der Waals surface area (Å²) in [5.41, 5.74) is 0.795. The highest BCUT2D eigenvalue weighted by atomic mass is 32.2. The maximum atomic E-state index is 12.0. The SMILES string of the molecule is O=S(=O)(CCC(F)(F)F)NCCNc1ccc(Nc2ccncc2)nn1. The van der Waals surface area contributed by atoms with Gasteiger partial charge in [0.2, 0.25) is 10.0 Å². The molecule has 0 atom stereocenters. The van der Waals surface area contributed by atoms with Crippen LogP contribution in [-0.4, -0.2) is 48.6 Å². The van der Waals surface area contributed by atoms with Crippen molar-refractivity contribution in [1.82, 2.24) is 19.9 Å². The fraction of sp³-hybridized carbons (Fsp3) is 0.357. The summed E-state index contributed by atoms with van der Waals surface area (Å²) in [6.45, 7) is 0.0793. The molecule has 0 bridgehead atoms. The molecule has 142 valence electrons. The van der Waals surface area contributed by atoms with Crippen LogP contribution >= 0.6 is 0 Å². The highest BCUT2D eigenvalue weighted by Crippen LogP contribution is 2.19. The second-order valence-corrected chi connectivity index (χ2v) is 7.10. The number of nitrogens with zero attached hydrogens (tertiary/aromatic N) is 3. The lowest BCUT2D eigenvalue weighted by atomic mass is 10.4. The second-order valence-electron chi connectivity index (χ2n) is 5.17. The third-order valence-electron chi connectivity index (χ3n) is 3.02. The van der Waals surface area contributed by atoms with Crippen LogP contribution in [0.5, 0.6) is 0 Å². The van der Waals surface area contributed by atoms with Crippen molar-refractivity contribution in [2.45, 2.75) is 12.6 Å². The van der Waals surface area contributed by atoms with Crippen molar-refractivity contribution in [2.24, 2.45) is 0 Å². The smallest absolute Gasteiger partial charge is 0.367 e. The van der Waals surface area contributed by atoms with Gasteiger partial charge >= 0.3 is 6.18 Å². The molecule has 0 spiro atoms. The minimum atomic E-state index is -4.51. The number of halogens is 3. The number of rotatable bonds is 9. The van der Waals surface area contributed by atoms with E-state index >= 15 is 0 Å². The zero-order valence-electron chi connectivity index (χ0n) is 13.5. The van der Waals surface area contributed by atoms with Gasteiger partial charge in [0, 0.05) is 31.2 Å². The fourth-order valence-corrected chi connectivity index (χ4v) is 2.85. The van der Waals surface area contributed by atoms with Crippen molar-refractivity contribution >= 4 is 27.3 Å². The largest absolute Gasteiger partial charge is 0.390 e. The Balaban J connectivity index is 1.73. The van der Waals surface area contributed by atoms with Gasteiger partial charge in [-0.15, -0.1) is 10.2 Å². The third kappa shape index (κ3) is 7.61. The highest BCUT2D eigenvalue weighted by molar-refractivity contribution is 7.89. The van der Waals surface area contributed by atoms with Gasteiger partial charge in [-0.25, -0.2) is 13.1 Å². The number of hydrogen-bond acceptors (Lipinski definition) is 7. The second kappa shape index (κ2) is 8.76. The lowest BCUT2D eigenvalue weighted by Crippen LogP contribution is -2.32. The summed E-state index contributed by atoms with van der Waals surface area (Å²) in [5, 5.41) is 13.7. The molecule has 0 aromatic carbocycles. The monoisotopic (exact) mass is 390 g/mol. The van der Waals surface area contributed by atoms with Crippen LogP contribution < -0.4 is 15.4 Å². The number of aromatic nitrogens is 3. The van der Waals surface area contributed by atoms with Gasteiger partial charge in [0.1, 0.15) is 5.82 Å². The third-order valence-corrected chi connectivity index (χ3v) is 4.41. The Morgan fingerprint density at radius 3 is 2.23 bits per heavy atom. The Hall–Kier alpha value is -2.47. The molecule has 12 heteroatoms. The van der Waals surface area contributed by atoms with Crippen molar-refractivity contribution in [2.75, 3.05) is 29.5 Å². The van der Waals surface area contributed by atoms with Crippen molar-refractivity contribution < 1.29 is 21.6 Å². The Morgan fingerprint density at radius 2 is 1.62 bits per heavy atom. The van der Waals surface area contributed by atoms with E-state index in [9.17, 15) is 21.6 Å². The van der Waals surface area contributed by atoms with E-state index in [2.05, 4.69) is 30.5 Å². The zero-order chi connectivity index (χ0) is 19.0. The Labute approximate surface area is 148 Å². The average Bonchev–Trinajstić information content (AvgIpc) is 2.59. The number of nitrogens with one attached hydrogen (secondary N) is 3. The predicted octanol–water partition coefficient (Wildman–Crippen LogP) is 1.90. The molecule has 2 aromatic heterocycles. The molecular weight excluding hydrogens is 373 g/mol. The number of anilines is 3. The molecule has 0 unspecified atom stereocenters. The van der Waals surface area contributed by atoms with E-state index in [1.165, 1.54) is 0 Å². The first kappa shape index (κ1) is 19.8. The van der Waals surface area contributed by atoms with Gasteiger partial charge in [-0.2, -0.15) is 13.2 Å². The normalized spacial score (nSPS) is 12.0. The summed E-state index contributed by atoms with van der Waals surface area (Å²) in [5.74, 6) is -0.0829. The maximum Gasteiger partial charge on any atom is 0.390 e. The van der Waals surface area contributed by atoms with E-state index < -0.39 is 28.4 Å². The van der Waals surface area contributed by atoms with E-state index in [1.807, 2.05) is 0 Å². The number of pyridine rings is 1. The van der Waals surface area contributed by atoms with Crippen LogP contribution in [-0.2, 0) is 10.0 Å². The molecule has 0 aliphatic rings. The standard InChI is InChI=1S/C14H17F3N6O2S/c15-14(16,17)5-10-26(24,25)20-9-8-19-12-1-2-13(23-22-12)21-11-3-6-18-7-4-11/h1-4,6-7,20H,5,8-10H2,(H,19,22)(H,18,21,23). The molecule has 0 fully saturated rings. The number of hydrogen-bond donors (Lipinski definition) is 3. The molecule has 26 heavy (non-hydrogen) atoms. The maximum absolute atomic E-state index is 12.0. The summed E-state index contributed by atoms with van der Waals surface area (Å²) in [4.78, 5) is 3.89. The van der Waals surface area contributed by atoms with Crippen molar-refractivity contribution in [3.05, 3.63) is 36.7 Å². The van der Waals surface area contributed by atoms with Crippen LogP contribution in [0.1, 0.15) is 6.42 Å². The minimum Gasteiger partial charge on any atom is -0.367 e. The summed E-state index contributed by atoms with van der Waals surface area (Å²) in [6, 6.07) is 6.83. The van der Waals surface area contributed by atoms with Crippen LogP contribution in [0.15, 0.2) is 36.7 Å². The van der Waals surface area contributed by atoms with Gasteiger partial charge in [0.15, 0.2) is 5.82 Å². The van der Waals surface area contributed by atoms with Gasteiger partial charge in [-0.1, -0.05) is 0 Å². The molecule has 0 saturated carbocycles. The van der Waals surface area contributed by atoms with Gasteiger partial charge in [-0.3, -0.25) is 4.98 Å². The van der Waals surface area contributed by atoms with Gasteiger partial charge < -0.3 is 10.6 Å². The van der Waals surface area contributed by atoms with E-state index in [-0.39, 0.29) is 13.1 Å². The van der Waals surface area contributed by atoms with E-state index in [4.69, 9.17) is 0 Å². The molecule has 0 amide bonds. The van der Waals surface area contributed by atoms with Crippen LogP contribution in [0.25, 0.3) is 0 Å². The first-order chi connectivity index (χ1) is 12.2. The molecule has 2 aromatic rings. The number of alkyl halides is 3. The molecular formula is C14H17F3N6O2S. The Morgan fingerprint density at radius 1 is 0.962 bits per heavy atom. The van der Waals surface area contributed by atoms with Crippen LogP contribution in [0, 0.1) is 0 Å². The van der Waals surface area contributed by atoms with Crippen LogP contribution in [0.4, 0.5) is 30.5 Å². The highest BCUT2D eigenvalue weighted by Gasteiger charge is 2.29. The fourth-order valence-electron chi connectivity index (χ4n) is 1.80. The number of sulfonamides is 1. The van der Waals surface area contributed by atoms with Gasteiger partial charge in [0.25, 0.3) is 0 Å². The Kier molecular flexibility index (Phi) is 6.69. The van der Waals surface area contributed by atoms with E-state index in [0.717, 1.165) is 5.69 Å². The molecule has 0 aliphatic carbocycles. The summed E-state index contributed by atoms with van der Waals surface area (Å²) in [6.07, 6.45) is -2.63. The Bertz CT molecular complexity index is 785. The summed E-state index contributed by atoms with van der Waals surface area (Å²) < 4.78 is 61.1. The lowest BCUT2D eigenvalue weighted by Gasteiger charge is -2.10. The quantitative estimate of drug-likeness (QED) is 0.561. The first-order valence-corrected chi connectivity index (χ1v) is 9.17. The van der Waals surface area contributed by atoms with E-state index in [0.29, 0.717) is 11.6 Å². The summed E-state index contributed by atoms with van der Waals surface area (Å²) >= 11 is 0. The van der Waals surface area contributed by atoms with Crippen LogP contribution in [0.2, 0.25) is 0 Å². The van der Waals surface area contributed by atoms with Gasteiger partial charge in [-0.05, 0) is 24.3 Å². The molecule has 0 saturated heterocycles. The van der Waals surface area contributed by atoms with Gasteiger partial charge in [0.05, 0.1) is 12.2 Å². The van der Waals surface area contributed by atoms with Crippen LogP contribution in [0.3, 0.4) is 0 Å². The topological polar surface area (TPSA) is 109 Å². The molecule has 3 N–H and O–H groups in total. The molecule has 2 rings (SSSR count). The zero-order valence-corrected chi connectivity index (χ0v) is 14.3. The van der Waals surface area contributed by atoms with Crippen molar-refractivity contribution in [3.63, 3.8) is 0 Å². The lowest BCUT2D eigenvalue weighted by molar-refractivity contribution is -0.129. The molecule has 2 heterocycles. The van der Waals surface area contributed by atoms with Crippen molar-refractivity contribution in [3.8, 4) is 0 Å². The first-order valence-electron chi connectivity index (χ1n) is 7.52. The van der Waals surface area contributed by atoms with E-state index in [1.54, 1.807) is 36.7 Å².